The third-order valence-electron chi connectivity index (χ3n) is 5.08. The van der Waals surface area contributed by atoms with E-state index in [4.69, 9.17) is 31.2 Å². The molecule has 0 amide bonds. The van der Waals surface area contributed by atoms with Crippen molar-refractivity contribution in [3.8, 4) is 17.6 Å². The van der Waals surface area contributed by atoms with Gasteiger partial charge in [0, 0.05) is 24.4 Å². The Morgan fingerprint density at radius 2 is 2.10 bits per heavy atom. The van der Waals surface area contributed by atoms with Crippen molar-refractivity contribution in [3.63, 3.8) is 0 Å². The molecule has 1 fully saturated rings. The first kappa shape index (κ1) is 19.6. The topological polar surface area (TPSA) is 78.5 Å². The predicted molar refractivity (Wildman–Crippen MR) is 112 cm³/mol. The Morgan fingerprint density at radius 1 is 1.31 bits per heavy atom. The lowest BCUT2D eigenvalue weighted by molar-refractivity contribution is 0.0139. The van der Waals surface area contributed by atoms with Gasteiger partial charge in [-0.3, -0.25) is 4.57 Å². The summed E-state index contributed by atoms with van der Waals surface area (Å²) < 4.78 is 24.3. The zero-order valence-corrected chi connectivity index (χ0v) is 17.1. The van der Waals surface area contributed by atoms with E-state index in [1.807, 2.05) is 22.8 Å². The van der Waals surface area contributed by atoms with E-state index in [9.17, 15) is 5.26 Å². The molecule has 8 heteroatoms. The lowest BCUT2D eigenvalue weighted by atomic mass is 10.0. The van der Waals surface area contributed by atoms with Crippen molar-refractivity contribution in [2.75, 3.05) is 27.4 Å². The third kappa shape index (κ3) is 3.77. The molecule has 2 heterocycles. The van der Waals surface area contributed by atoms with Crippen molar-refractivity contribution in [1.29, 1.82) is 5.26 Å². The standard InChI is InChI=1S/C21H21N3O4S/c1-25-18-8-16-17(9-19(18)26-2)24(12-23-16)14-6-13(10-22)21(29)20(7-14)28-11-15-4-3-5-27-15/h6-9,12,15,20H,3-5,11H2,1-2H3. The van der Waals surface area contributed by atoms with Gasteiger partial charge in [-0.1, -0.05) is 12.2 Å². The number of imidazole rings is 1. The summed E-state index contributed by atoms with van der Waals surface area (Å²) in [7, 11) is 3.18. The number of rotatable bonds is 6. The monoisotopic (exact) mass is 411 g/mol. The highest BCUT2D eigenvalue weighted by molar-refractivity contribution is 7.81. The normalized spacial score (nSPS) is 21.6. The van der Waals surface area contributed by atoms with E-state index in [0.717, 1.165) is 36.2 Å². The van der Waals surface area contributed by atoms with Crippen molar-refractivity contribution in [3.05, 3.63) is 36.2 Å². The Morgan fingerprint density at radius 3 is 2.79 bits per heavy atom. The van der Waals surface area contributed by atoms with Crippen molar-refractivity contribution in [2.24, 2.45) is 0 Å². The molecule has 4 rings (SSSR count). The molecule has 2 aromatic rings. The number of ether oxygens (including phenoxy) is 4. The molecular formula is C21H21N3O4S. The van der Waals surface area contributed by atoms with Crippen LogP contribution in [0.1, 0.15) is 12.8 Å². The largest absolute Gasteiger partial charge is 0.493 e. The maximum absolute atomic E-state index is 9.56. The summed E-state index contributed by atoms with van der Waals surface area (Å²) in [5.74, 6) is 1.21. The van der Waals surface area contributed by atoms with Gasteiger partial charge in [-0.2, -0.15) is 5.26 Å². The molecule has 2 atom stereocenters. The van der Waals surface area contributed by atoms with Crippen LogP contribution in [0.3, 0.4) is 0 Å². The lowest BCUT2D eigenvalue weighted by Gasteiger charge is -2.22. The molecule has 1 aromatic heterocycles. The highest BCUT2D eigenvalue weighted by Gasteiger charge is 2.26. The SMILES string of the molecule is COc1cc2ncn(C3=CC(OCC4CCCO4)C(=S)C(C#N)=C3)c2cc1OC. The Balaban J connectivity index is 1.69. The summed E-state index contributed by atoms with van der Waals surface area (Å²) >= 11 is 5.48. The first-order chi connectivity index (χ1) is 14.1. The van der Waals surface area contributed by atoms with Crippen LogP contribution in [0.25, 0.3) is 16.7 Å². The second-order valence-electron chi connectivity index (χ2n) is 6.83. The maximum Gasteiger partial charge on any atom is 0.163 e. The van der Waals surface area contributed by atoms with Gasteiger partial charge in [-0.25, -0.2) is 4.98 Å². The average Bonchev–Trinajstić information content (AvgIpc) is 3.41. The zero-order chi connectivity index (χ0) is 20.4. The molecular weight excluding hydrogens is 390 g/mol. The summed E-state index contributed by atoms with van der Waals surface area (Å²) in [6.45, 7) is 1.21. The lowest BCUT2D eigenvalue weighted by Crippen LogP contribution is -2.29. The molecule has 150 valence electrons. The molecule has 0 radical (unpaired) electrons. The van der Waals surface area contributed by atoms with Crippen LogP contribution in [0.5, 0.6) is 11.5 Å². The summed E-state index contributed by atoms with van der Waals surface area (Å²) in [6.07, 6.45) is 7.00. The molecule has 2 aliphatic rings. The first-order valence-electron chi connectivity index (χ1n) is 9.35. The molecule has 2 unspecified atom stereocenters. The molecule has 1 aromatic carbocycles. The van der Waals surface area contributed by atoms with Gasteiger partial charge in [0.15, 0.2) is 11.5 Å². The fourth-order valence-electron chi connectivity index (χ4n) is 3.54. The van der Waals surface area contributed by atoms with Gasteiger partial charge in [0.2, 0.25) is 0 Å². The molecule has 0 saturated carbocycles. The van der Waals surface area contributed by atoms with Crippen LogP contribution < -0.4 is 9.47 Å². The van der Waals surface area contributed by atoms with Crippen molar-refractivity contribution in [1.82, 2.24) is 9.55 Å². The summed E-state index contributed by atoms with van der Waals surface area (Å²) in [6, 6.07) is 5.86. The van der Waals surface area contributed by atoms with Crippen LogP contribution in [0.2, 0.25) is 0 Å². The zero-order valence-electron chi connectivity index (χ0n) is 16.3. The summed E-state index contributed by atoms with van der Waals surface area (Å²) in [5.41, 5.74) is 2.76. The van der Waals surface area contributed by atoms with Gasteiger partial charge in [0.1, 0.15) is 18.5 Å². The van der Waals surface area contributed by atoms with Crippen molar-refractivity contribution >= 4 is 33.8 Å². The Hall–Kier alpha value is -2.73. The minimum absolute atomic E-state index is 0.0805. The highest BCUT2D eigenvalue weighted by Crippen LogP contribution is 2.33. The maximum atomic E-state index is 9.56. The number of hydrogen-bond acceptors (Lipinski definition) is 7. The van der Waals surface area contributed by atoms with E-state index in [0.29, 0.717) is 28.5 Å². The summed E-state index contributed by atoms with van der Waals surface area (Å²) in [4.78, 5) is 4.95. The van der Waals surface area contributed by atoms with Gasteiger partial charge >= 0.3 is 0 Å². The van der Waals surface area contributed by atoms with Crippen molar-refractivity contribution < 1.29 is 18.9 Å². The second kappa shape index (κ2) is 8.33. The van der Waals surface area contributed by atoms with Crippen LogP contribution in [0.4, 0.5) is 0 Å². The number of nitrogens with zero attached hydrogens (tertiary/aromatic N) is 3. The van der Waals surface area contributed by atoms with E-state index in [2.05, 4.69) is 11.1 Å². The number of aromatic nitrogens is 2. The Labute approximate surface area is 174 Å². The van der Waals surface area contributed by atoms with E-state index >= 15 is 0 Å². The Kier molecular flexibility index (Phi) is 5.62. The van der Waals surface area contributed by atoms with Gasteiger partial charge in [-0.05, 0) is 25.0 Å². The van der Waals surface area contributed by atoms with E-state index < -0.39 is 6.10 Å². The minimum atomic E-state index is -0.471. The van der Waals surface area contributed by atoms with Crippen LogP contribution in [0, 0.1) is 11.3 Å². The van der Waals surface area contributed by atoms with Gasteiger partial charge < -0.3 is 18.9 Å². The highest BCUT2D eigenvalue weighted by atomic mass is 32.1. The predicted octanol–water partition coefficient (Wildman–Crippen LogP) is 3.29. The molecule has 7 nitrogen and oxygen atoms in total. The van der Waals surface area contributed by atoms with Gasteiger partial charge in [-0.15, -0.1) is 0 Å². The van der Waals surface area contributed by atoms with Crippen LogP contribution in [0.15, 0.2) is 36.2 Å². The van der Waals surface area contributed by atoms with Crippen LogP contribution in [-0.4, -0.2) is 54.1 Å². The summed E-state index contributed by atoms with van der Waals surface area (Å²) in [5, 5.41) is 9.56. The van der Waals surface area contributed by atoms with E-state index in [-0.39, 0.29) is 6.10 Å². The molecule has 1 aliphatic carbocycles. The number of fused-ring (bicyclic) bond motifs is 1. The van der Waals surface area contributed by atoms with Crippen LogP contribution in [-0.2, 0) is 9.47 Å². The van der Waals surface area contributed by atoms with Gasteiger partial charge in [0.25, 0.3) is 0 Å². The molecule has 29 heavy (non-hydrogen) atoms. The fourth-order valence-corrected chi connectivity index (χ4v) is 3.78. The van der Waals surface area contributed by atoms with Gasteiger partial charge in [0.05, 0.1) is 48.4 Å². The van der Waals surface area contributed by atoms with Crippen molar-refractivity contribution in [2.45, 2.75) is 25.0 Å². The third-order valence-corrected chi connectivity index (χ3v) is 5.53. The number of nitriles is 1. The second-order valence-corrected chi connectivity index (χ2v) is 7.26. The molecule has 1 saturated heterocycles. The Bertz CT molecular complexity index is 1040. The minimum Gasteiger partial charge on any atom is -0.493 e. The van der Waals surface area contributed by atoms with E-state index in [1.165, 1.54) is 0 Å². The number of thiocarbonyl (C=S) groups is 1. The molecule has 0 bridgehead atoms. The first-order valence-corrected chi connectivity index (χ1v) is 9.76. The molecule has 1 aliphatic heterocycles. The van der Waals surface area contributed by atoms with E-state index in [1.54, 1.807) is 26.6 Å². The average molecular weight is 411 g/mol. The van der Waals surface area contributed by atoms with Crippen LogP contribution >= 0.6 is 12.2 Å². The fraction of sp³-hybridized carbons (Fsp3) is 0.381. The number of hydrogen-bond donors (Lipinski definition) is 0. The smallest absolute Gasteiger partial charge is 0.163 e. The number of benzene rings is 1. The number of methoxy groups -OCH3 is 2. The quantitative estimate of drug-likeness (QED) is 0.675. The molecule has 0 spiro atoms. The number of allylic oxidation sites excluding steroid dienone is 2. The molecule has 0 N–H and O–H groups in total.